The third-order valence-electron chi connectivity index (χ3n) is 5.69. The summed E-state index contributed by atoms with van der Waals surface area (Å²) in [6, 6.07) is 17.8. The number of nitriles is 1. The van der Waals surface area contributed by atoms with Crippen LogP contribution in [0, 0.1) is 21.8 Å². The minimum absolute atomic E-state index is 0.172. The van der Waals surface area contributed by atoms with E-state index in [0.29, 0.717) is 36.9 Å². The molecule has 0 spiro atoms. The molecule has 39 heavy (non-hydrogen) atoms. The molecule has 1 aliphatic rings. The average Bonchev–Trinajstić information content (AvgIpc) is 3.17. The van der Waals surface area contributed by atoms with Crippen molar-refractivity contribution in [3.05, 3.63) is 90.3 Å². The van der Waals surface area contributed by atoms with E-state index in [1.54, 1.807) is 48.5 Å². The molecule has 1 aliphatic heterocycles. The van der Waals surface area contributed by atoms with Crippen LogP contribution < -0.4 is 14.8 Å². The van der Waals surface area contributed by atoms with Crippen LogP contribution in [0.25, 0.3) is 6.08 Å². The van der Waals surface area contributed by atoms with Crippen LogP contribution in [0.2, 0.25) is 5.02 Å². The van der Waals surface area contributed by atoms with Crippen molar-refractivity contribution in [3.8, 4) is 17.6 Å². The van der Waals surface area contributed by atoms with E-state index in [1.807, 2.05) is 19.1 Å². The van der Waals surface area contributed by atoms with Gasteiger partial charge in [-0.3, -0.25) is 19.3 Å². The Morgan fingerprint density at radius 2 is 1.97 bits per heavy atom. The maximum Gasteiger partial charge on any atom is 0.294 e. The molecule has 1 heterocycles. The number of halogens is 2. The van der Waals surface area contributed by atoms with Gasteiger partial charge in [0.15, 0.2) is 11.5 Å². The van der Waals surface area contributed by atoms with Crippen LogP contribution in [-0.4, -0.2) is 35.6 Å². The average molecular weight is 674 g/mol. The number of hydrogen-bond acceptors (Lipinski definition) is 7. The number of nitrogens with one attached hydrogen (secondary N) is 1. The van der Waals surface area contributed by atoms with E-state index in [-0.39, 0.29) is 11.5 Å². The first kappa shape index (κ1) is 28.5. The molecule has 0 atom stereocenters. The summed E-state index contributed by atoms with van der Waals surface area (Å²) in [5, 5.41) is 11.9. The molecule has 4 rings (SSSR count). The standard InChI is InChI=1S/C28H21ClIN3O5S/c1-16-7-8-20(12-21(16)29)32-25(34)14-33-27(35)24(39-28(33)36)11-17-9-22(30)26(23(10-17)37-2)38-15-19-6-4-3-5-18(19)13-31/h3-12H,14-15H2,1-2H3,(H,32,34)/b24-11+. The number of amides is 3. The first-order valence-electron chi connectivity index (χ1n) is 11.5. The molecule has 1 N–H and O–H groups in total. The molecule has 0 radical (unpaired) electrons. The lowest BCUT2D eigenvalue weighted by Gasteiger charge is -2.14. The molecule has 3 amide bonds. The first-order valence-corrected chi connectivity index (χ1v) is 13.8. The maximum absolute atomic E-state index is 13.0. The Kier molecular flexibility index (Phi) is 9.16. The van der Waals surface area contributed by atoms with Gasteiger partial charge >= 0.3 is 0 Å². The number of carbonyl (C=O) groups excluding carboxylic acids is 3. The summed E-state index contributed by atoms with van der Waals surface area (Å²) < 4.78 is 12.2. The summed E-state index contributed by atoms with van der Waals surface area (Å²) in [5.41, 5.74) is 3.21. The fourth-order valence-corrected chi connectivity index (χ4v) is 5.47. The Morgan fingerprint density at radius 3 is 2.69 bits per heavy atom. The molecule has 1 saturated heterocycles. The Morgan fingerprint density at radius 1 is 1.21 bits per heavy atom. The number of methoxy groups -OCH3 is 1. The zero-order chi connectivity index (χ0) is 28.1. The van der Waals surface area contributed by atoms with Gasteiger partial charge in [-0.25, -0.2) is 0 Å². The van der Waals surface area contributed by atoms with Gasteiger partial charge in [0.1, 0.15) is 13.2 Å². The van der Waals surface area contributed by atoms with Crippen molar-refractivity contribution in [2.24, 2.45) is 0 Å². The van der Waals surface area contributed by atoms with Crippen molar-refractivity contribution in [3.63, 3.8) is 0 Å². The van der Waals surface area contributed by atoms with Crippen molar-refractivity contribution in [2.45, 2.75) is 13.5 Å². The first-order chi connectivity index (χ1) is 18.7. The van der Waals surface area contributed by atoms with Crippen LogP contribution in [0.1, 0.15) is 22.3 Å². The van der Waals surface area contributed by atoms with Gasteiger partial charge in [-0.1, -0.05) is 35.9 Å². The number of carbonyl (C=O) groups is 3. The van der Waals surface area contributed by atoms with Gasteiger partial charge in [0.25, 0.3) is 11.1 Å². The summed E-state index contributed by atoms with van der Waals surface area (Å²) >= 11 is 8.95. The molecule has 0 saturated carbocycles. The Bertz CT molecular complexity index is 1550. The minimum atomic E-state index is -0.565. The van der Waals surface area contributed by atoms with Gasteiger partial charge in [-0.2, -0.15) is 5.26 Å². The second kappa shape index (κ2) is 12.5. The van der Waals surface area contributed by atoms with Crippen molar-refractivity contribution in [1.29, 1.82) is 5.26 Å². The van der Waals surface area contributed by atoms with Gasteiger partial charge in [-0.15, -0.1) is 0 Å². The highest BCUT2D eigenvalue weighted by Crippen LogP contribution is 2.37. The zero-order valence-corrected chi connectivity index (χ0v) is 24.5. The van der Waals surface area contributed by atoms with Crippen molar-refractivity contribution in [2.75, 3.05) is 19.0 Å². The molecule has 1 fully saturated rings. The van der Waals surface area contributed by atoms with Gasteiger partial charge in [0, 0.05) is 16.3 Å². The number of ether oxygens (including phenoxy) is 2. The number of hydrogen-bond donors (Lipinski definition) is 1. The highest BCUT2D eigenvalue weighted by atomic mass is 127. The topological polar surface area (TPSA) is 109 Å². The lowest BCUT2D eigenvalue weighted by molar-refractivity contribution is -0.127. The predicted molar refractivity (Wildman–Crippen MR) is 159 cm³/mol. The Balaban J connectivity index is 1.48. The quantitative estimate of drug-likeness (QED) is 0.218. The molecule has 0 bridgehead atoms. The number of thioether (sulfide) groups is 1. The lowest BCUT2D eigenvalue weighted by Crippen LogP contribution is -2.36. The molecule has 11 heteroatoms. The van der Waals surface area contributed by atoms with Crippen molar-refractivity contribution < 1.29 is 23.9 Å². The number of anilines is 1. The number of rotatable bonds is 8. The van der Waals surface area contributed by atoms with E-state index in [0.717, 1.165) is 27.8 Å². The molecule has 8 nitrogen and oxygen atoms in total. The number of nitrogens with zero attached hydrogens (tertiary/aromatic N) is 2. The Hall–Kier alpha value is -3.53. The van der Waals surface area contributed by atoms with E-state index in [1.165, 1.54) is 7.11 Å². The molecule has 0 aromatic heterocycles. The van der Waals surface area contributed by atoms with E-state index in [4.69, 9.17) is 21.1 Å². The van der Waals surface area contributed by atoms with Crippen LogP contribution in [-0.2, 0) is 16.2 Å². The molecule has 0 unspecified atom stereocenters. The normalized spacial score (nSPS) is 13.9. The maximum atomic E-state index is 13.0. The Labute approximate surface area is 248 Å². The van der Waals surface area contributed by atoms with E-state index < -0.39 is 23.6 Å². The molecule has 198 valence electrons. The smallest absolute Gasteiger partial charge is 0.294 e. The SMILES string of the molecule is COc1cc(/C=C2/SC(=O)N(CC(=O)Nc3ccc(C)c(Cl)c3)C2=O)cc(I)c1OCc1ccccc1C#N. The van der Waals surface area contributed by atoms with Gasteiger partial charge in [-0.05, 0) is 88.8 Å². The van der Waals surface area contributed by atoms with Gasteiger partial charge in [0.05, 0.1) is 27.2 Å². The summed E-state index contributed by atoms with van der Waals surface area (Å²) in [4.78, 5) is 39.1. The summed E-state index contributed by atoms with van der Waals surface area (Å²) in [5.74, 6) is -0.166. The molecule has 0 aliphatic carbocycles. The third kappa shape index (κ3) is 6.73. The van der Waals surface area contributed by atoms with E-state index in [2.05, 4.69) is 34.0 Å². The predicted octanol–water partition coefficient (Wildman–Crippen LogP) is 6.39. The molecule has 3 aromatic rings. The van der Waals surface area contributed by atoms with E-state index >= 15 is 0 Å². The third-order valence-corrected chi connectivity index (χ3v) is 7.81. The fraction of sp³-hybridized carbons (Fsp3) is 0.143. The second-order valence-electron chi connectivity index (χ2n) is 8.37. The number of aryl methyl sites for hydroxylation is 1. The summed E-state index contributed by atoms with van der Waals surface area (Å²) in [6.45, 7) is 1.59. The highest BCUT2D eigenvalue weighted by molar-refractivity contribution is 14.1. The summed E-state index contributed by atoms with van der Waals surface area (Å²) in [6.07, 6.45) is 1.57. The zero-order valence-electron chi connectivity index (χ0n) is 20.8. The van der Waals surface area contributed by atoms with Crippen LogP contribution in [0.15, 0.2) is 59.5 Å². The highest BCUT2D eigenvalue weighted by Gasteiger charge is 2.36. The second-order valence-corrected chi connectivity index (χ2v) is 10.9. The number of benzene rings is 3. The molecular weight excluding hydrogens is 653 g/mol. The fourth-order valence-electron chi connectivity index (χ4n) is 3.67. The van der Waals surface area contributed by atoms with Crippen molar-refractivity contribution in [1.82, 2.24) is 4.90 Å². The monoisotopic (exact) mass is 673 g/mol. The van der Waals surface area contributed by atoms with Crippen molar-refractivity contribution >= 4 is 74.8 Å². The number of imide groups is 1. The molecular formula is C28H21ClIN3O5S. The van der Waals surface area contributed by atoms with Gasteiger partial charge < -0.3 is 14.8 Å². The van der Waals surface area contributed by atoms with E-state index in [9.17, 15) is 19.6 Å². The lowest BCUT2D eigenvalue weighted by atomic mass is 10.1. The van der Waals surface area contributed by atoms with Crippen LogP contribution in [0.4, 0.5) is 10.5 Å². The van der Waals surface area contributed by atoms with Crippen LogP contribution >= 0.6 is 46.0 Å². The minimum Gasteiger partial charge on any atom is -0.493 e. The largest absolute Gasteiger partial charge is 0.493 e. The van der Waals surface area contributed by atoms with Crippen LogP contribution in [0.5, 0.6) is 11.5 Å². The van der Waals surface area contributed by atoms with Gasteiger partial charge in [0.2, 0.25) is 5.91 Å². The van der Waals surface area contributed by atoms with Crippen LogP contribution in [0.3, 0.4) is 0 Å². The molecule has 3 aromatic carbocycles. The summed E-state index contributed by atoms with van der Waals surface area (Å²) in [7, 11) is 1.50.